The third-order valence-corrected chi connectivity index (χ3v) is 5.42. The Kier molecular flexibility index (Phi) is 7.22. The van der Waals surface area contributed by atoms with Crippen molar-refractivity contribution in [2.24, 2.45) is 0 Å². The van der Waals surface area contributed by atoms with Gasteiger partial charge in [-0.15, -0.1) is 0 Å². The van der Waals surface area contributed by atoms with Crippen LogP contribution in [0.3, 0.4) is 0 Å². The summed E-state index contributed by atoms with van der Waals surface area (Å²) in [7, 11) is -3.31. The lowest BCUT2D eigenvalue weighted by Crippen LogP contribution is -2.38. The van der Waals surface area contributed by atoms with Gasteiger partial charge in [-0.25, -0.2) is 8.42 Å². The van der Waals surface area contributed by atoms with Crippen LogP contribution in [0.4, 0.5) is 5.69 Å². The van der Waals surface area contributed by atoms with Crippen molar-refractivity contribution in [2.45, 2.75) is 13.3 Å². The Morgan fingerprint density at radius 2 is 1.88 bits per heavy atom. The second-order valence-electron chi connectivity index (χ2n) is 6.04. The van der Waals surface area contributed by atoms with Crippen LogP contribution in [-0.2, 0) is 14.8 Å². The highest BCUT2D eigenvalue weighted by atomic mass is 32.2. The lowest BCUT2D eigenvalue weighted by Gasteiger charge is -2.26. The van der Waals surface area contributed by atoms with Crippen molar-refractivity contribution < 1.29 is 17.9 Å². The maximum Gasteiger partial charge on any atom is 0.251 e. The number of hydrogen-bond donors (Lipinski definition) is 1. The Labute approximate surface area is 150 Å². The molecule has 140 valence electrons. The average molecular weight is 369 g/mol. The molecule has 1 amide bonds. The number of ether oxygens (including phenoxy) is 1. The first-order valence-corrected chi connectivity index (χ1v) is 10.4. The van der Waals surface area contributed by atoms with Crippen LogP contribution < -0.4 is 9.62 Å². The SMILES string of the molecule is CCN(c1ccc(C(=O)NCCCN2CCOCC2)cc1)S(C)(=O)=O. The standard InChI is InChI=1S/C17H27N3O4S/c1-3-20(25(2,22)23)16-7-5-15(6-8-16)17(21)18-9-4-10-19-11-13-24-14-12-19/h5-8H,3-4,9-14H2,1-2H3,(H,18,21). The van der Waals surface area contributed by atoms with Gasteiger partial charge in [0.2, 0.25) is 10.0 Å². The summed E-state index contributed by atoms with van der Waals surface area (Å²) >= 11 is 0. The summed E-state index contributed by atoms with van der Waals surface area (Å²) in [6, 6.07) is 6.63. The molecule has 0 aromatic heterocycles. The quantitative estimate of drug-likeness (QED) is 0.690. The zero-order valence-corrected chi connectivity index (χ0v) is 15.7. The van der Waals surface area contributed by atoms with Crippen molar-refractivity contribution in [3.8, 4) is 0 Å². The van der Waals surface area contributed by atoms with Gasteiger partial charge >= 0.3 is 0 Å². The van der Waals surface area contributed by atoms with E-state index in [2.05, 4.69) is 10.2 Å². The molecule has 1 aliphatic heterocycles. The van der Waals surface area contributed by atoms with E-state index in [0.717, 1.165) is 39.3 Å². The molecule has 1 aromatic rings. The molecule has 0 saturated carbocycles. The number of rotatable bonds is 8. The number of hydrogen-bond acceptors (Lipinski definition) is 5. The molecule has 7 nitrogen and oxygen atoms in total. The summed E-state index contributed by atoms with van der Waals surface area (Å²) in [5.74, 6) is -0.143. The van der Waals surface area contributed by atoms with Crippen LogP contribution in [0.2, 0.25) is 0 Å². The maximum atomic E-state index is 12.2. The number of anilines is 1. The number of sulfonamides is 1. The van der Waals surface area contributed by atoms with Gasteiger partial charge < -0.3 is 10.1 Å². The fourth-order valence-electron chi connectivity index (χ4n) is 2.82. The molecule has 0 atom stereocenters. The molecule has 1 aliphatic rings. The van der Waals surface area contributed by atoms with Gasteiger partial charge in [0.15, 0.2) is 0 Å². The number of carbonyl (C=O) groups is 1. The van der Waals surface area contributed by atoms with E-state index in [4.69, 9.17) is 4.74 Å². The van der Waals surface area contributed by atoms with Gasteiger partial charge in [0, 0.05) is 31.7 Å². The van der Waals surface area contributed by atoms with E-state index in [9.17, 15) is 13.2 Å². The first-order valence-electron chi connectivity index (χ1n) is 8.58. The minimum absolute atomic E-state index is 0.143. The van der Waals surface area contributed by atoms with Crippen LogP contribution >= 0.6 is 0 Å². The number of nitrogens with zero attached hydrogens (tertiary/aromatic N) is 2. The summed E-state index contributed by atoms with van der Waals surface area (Å²) in [6.07, 6.45) is 2.06. The number of carbonyl (C=O) groups excluding carboxylic acids is 1. The zero-order valence-electron chi connectivity index (χ0n) is 14.9. The number of nitrogens with one attached hydrogen (secondary N) is 1. The Bertz CT molecular complexity index is 655. The van der Waals surface area contributed by atoms with E-state index in [1.54, 1.807) is 31.2 Å². The molecule has 25 heavy (non-hydrogen) atoms. The van der Waals surface area contributed by atoms with Crippen molar-refractivity contribution in [3.05, 3.63) is 29.8 Å². The van der Waals surface area contributed by atoms with Gasteiger partial charge in [-0.2, -0.15) is 0 Å². The van der Waals surface area contributed by atoms with Crippen LogP contribution in [0.25, 0.3) is 0 Å². The highest BCUT2D eigenvalue weighted by Gasteiger charge is 2.15. The fraction of sp³-hybridized carbons (Fsp3) is 0.588. The predicted molar refractivity (Wildman–Crippen MR) is 98.5 cm³/mol. The van der Waals surface area contributed by atoms with Gasteiger partial charge in [0.1, 0.15) is 0 Å². The lowest BCUT2D eigenvalue weighted by molar-refractivity contribution is 0.0374. The van der Waals surface area contributed by atoms with Crippen molar-refractivity contribution in [1.29, 1.82) is 0 Å². The summed E-state index contributed by atoms with van der Waals surface area (Å²) in [5.41, 5.74) is 1.09. The summed E-state index contributed by atoms with van der Waals surface area (Å²) in [6.45, 7) is 7.14. The second kappa shape index (κ2) is 9.17. The van der Waals surface area contributed by atoms with Gasteiger partial charge in [-0.3, -0.25) is 14.0 Å². The zero-order chi connectivity index (χ0) is 18.3. The van der Waals surface area contributed by atoms with Gasteiger partial charge in [-0.1, -0.05) is 0 Å². The van der Waals surface area contributed by atoms with Crippen LogP contribution in [-0.4, -0.2) is 71.4 Å². The summed E-state index contributed by atoms with van der Waals surface area (Å²) < 4.78 is 30.1. The molecule has 0 bridgehead atoms. The first kappa shape index (κ1) is 19.7. The third kappa shape index (κ3) is 5.98. The molecular formula is C17H27N3O4S. The van der Waals surface area contributed by atoms with Crippen LogP contribution in [0.5, 0.6) is 0 Å². The number of benzene rings is 1. The van der Waals surface area contributed by atoms with Crippen LogP contribution in [0.15, 0.2) is 24.3 Å². The van der Waals surface area contributed by atoms with Crippen LogP contribution in [0, 0.1) is 0 Å². The van der Waals surface area contributed by atoms with E-state index in [1.807, 2.05) is 0 Å². The molecule has 1 aromatic carbocycles. The maximum absolute atomic E-state index is 12.2. The monoisotopic (exact) mass is 369 g/mol. The number of amides is 1. The Balaban J connectivity index is 1.81. The molecule has 0 spiro atoms. The molecule has 1 N–H and O–H groups in total. The molecule has 0 unspecified atom stereocenters. The molecule has 0 radical (unpaired) electrons. The first-order chi connectivity index (χ1) is 11.9. The topological polar surface area (TPSA) is 79.0 Å². The van der Waals surface area contributed by atoms with Crippen molar-refractivity contribution in [1.82, 2.24) is 10.2 Å². The van der Waals surface area contributed by atoms with Gasteiger partial charge in [0.05, 0.1) is 25.2 Å². The van der Waals surface area contributed by atoms with Gasteiger partial charge in [-0.05, 0) is 44.2 Å². The van der Waals surface area contributed by atoms with Gasteiger partial charge in [0.25, 0.3) is 5.91 Å². The van der Waals surface area contributed by atoms with Crippen molar-refractivity contribution >= 4 is 21.6 Å². The van der Waals surface area contributed by atoms with E-state index in [-0.39, 0.29) is 5.91 Å². The minimum atomic E-state index is -3.31. The summed E-state index contributed by atoms with van der Waals surface area (Å²) in [4.78, 5) is 14.5. The average Bonchev–Trinajstić information content (AvgIpc) is 2.59. The summed E-state index contributed by atoms with van der Waals surface area (Å²) in [5, 5.41) is 2.90. The molecule has 0 aliphatic carbocycles. The fourth-order valence-corrected chi connectivity index (χ4v) is 3.79. The molecule has 1 saturated heterocycles. The highest BCUT2D eigenvalue weighted by Crippen LogP contribution is 2.18. The lowest BCUT2D eigenvalue weighted by atomic mass is 10.2. The van der Waals surface area contributed by atoms with Crippen LogP contribution in [0.1, 0.15) is 23.7 Å². The minimum Gasteiger partial charge on any atom is -0.379 e. The second-order valence-corrected chi connectivity index (χ2v) is 7.94. The van der Waals surface area contributed by atoms with E-state index < -0.39 is 10.0 Å². The van der Waals surface area contributed by atoms with Crippen molar-refractivity contribution in [2.75, 3.05) is 56.5 Å². The van der Waals surface area contributed by atoms with Crippen molar-refractivity contribution in [3.63, 3.8) is 0 Å². The number of morpholine rings is 1. The third-order valence-electron chi connectivity index (χ3n) is 4.15. The molecule has 8 heteroatoms. The smallest absolute Gasteiger partial charge is 0.251 e. The van der Waals surface area contributed by atoms with E-state index in [1.165, 1.54) is 10.6 Å². The molecule has 2 rings (SSSR count). The highest BCUT2D eigenvalue weighted by molar-refractivity contribution is 7.92. The molecular weight excluding hydrogens is 342 g/mol. The molecule has 1 heterocycles. The van der Waals surface area contributed by atoms with E-state index >= 15 is 0 Å². The Morgan fingerprint density at radius 1 is 1.24 bits per heavy atom. The van der Waals surface area contributed by atoms with E-state index in [0.29, 0.717) is 24.3 Å². The Hall–Kier alpha value is -1.64. The normalized spacial score (nSPS) is 15.8. The predicted octanol–water partition coefficient (Wildman–Crippen LogP) is 0.925. The molecule has 1 fully saturated rings. The Morgan fingerprint density at radius 3 is 2.44 bits per heavy atom. The largest absolute Gasteiger partial charge is 0.379 e.